The first-order valence-electron chi connectivity index (χ1n) is 7.27. The SMILES string of the molecule is CCc1ccc(C(NN)c2cc3cccc(C)c3o2)cc1. The van der Waals surface area contributed by atoms with E-state index in [0.717, 1.165) is 34.3 Å². The Bertz CT molecular complexity index is 744. The standard InChI is InChI=1S/C18H20N2O/c1-3-13-7-9-14(10-8-13)17(20-19)16-11-15-6-4-5-12(2)18(15)21-16/h4-11,17,20H,3,19H2,1-2H3. The number of para-hydroxylation sites is 1. The molecule has 0 bridgehead atoms. The Morgan fingerprint density at radius 2 is 1.90 bits per heavy atom. The fourth-order valence-electron chi connectivity index (χ4n) is 2.66. The van der Waals surface area contributed by atoms with E-state index in [9.17, 15) is 0 Å². The molecule has 0 saturated carbocycles. The Labute approximate surface area is 124 Å². The van der Waals surface area contributed by atoms with E-state index in [4.69, 9.17) is 10.3 Å². The summed E-state index contributed by atoms with van der Waals surface area (Å²) in [5.74, 6) is 6.60. The number of aryl methyl sites for hydroxylation is 2. The summed E-state index contributed by atoms with van der Waals surface area (Å²) in [6.45, 7) is 4.20. The van der Waals surface area contributed by atoms with Gasteiger partial charge in [0.05, 0.1) is 0 Å². The highest BCUT2D eigenvalue weighted by molar-refractivity contribution is 5.81. The predicted octanol–water partition coefficient (Wildman–Crippen LogP) is 3.86. The lowest BCUT2D eigenvalue weighted by molar-refractivity contribution is 0.476. The Hall–Kier alpha value is -2.10. The highest BCUT2D eigenvalue weighted by atomic mass is 16.3. The van der Waals surface area contributed by atoms with Gasteiger partial charge in [0.25, 0.3) is 0 Å². The maximum Gasteiger partial charge on any atom is 0.137 e. The van der Waals surface area contributed by atoms with Gasteiger partial charge in [-0.05, 0) is 36.1 Å². The molecule has 0 aliphatic carbocycles. The molecule has 21 heavy (non-hydrogen) atoms. The van der Waals surface area contributed by atoms with Crippen LogP contribution in [0.25, 0.3) is 11.0 Å². The van der Waals surface area contributed by atoms with Crippen LogP contribution < -0.4 is 11.3 Å². The number of benzene rings is 2. The van der Waals surface area contributed by atoms with Gasteiger partial charge in [-0.2, -0.15) is 0 Å². The molecule has 2 aromatic carbocycles. The first-order chi connectivity index (χ1) is 10.2. The Morgan fingerprint density at radius 1 is 1.14 bits per heavy atom. The van der Waals surface area contributed by atoms with Gasteiger partial charge in [0, 0.05) is 5.39 Å². The number of nitrogens with two attached hydrogens (primary N) is 1. The summed E-state index contributed by atoms with van der Waals surface area (Å²) in [4.78, 5) is 0. The zero-order valence-corrected chi connectivity index (χ0v) is 12.4. The van der Waals surface area contributed by atoms with E-state index < -0.39 is 0 Å². The molecule has 1 aromatic heterocycles. The third-order valence-electron chi connectivity index (χ3n) is 3.93. The van der Waals surface area contributed by atoms with E-state index in [1.165, 1.54) is 5.56 Å². The second-order valence-corrected chi connectivity index (χ2v) is 5.34. The normalized spacial score (nSPS) is 12.7. The molecule has 3 heteroatoms. The molecule has 3 N–H and O–H groups in total. The number of furan rings is 1. The highest BCUT2D eigenvalue weighted by Gasteiger charge is 2.17. The molecule has 0 spiro atoms. The first kappa shape index (κ1) is 13.9. The van der Waals surface area contributed by atoms with Gasteiger partial charge in [0.15, 0.2) is 0 Å². The van der Waals surface area contributed by atoms with Gasteiger partial charge < -0.3 is 4.42 Å². The van der Waals surface area contributed by atoms with Crippen molar-refractivity contribution in [1.29, 1.82) is 0 Å². The summed E-state index contributed by atoms with van der Waals surface area (Å²) in [5, 5.41) is 1.11. The fourth-order valence-corrected chi connectivity index (χ4v) is 2.66. The topological polar surface area (TPSA) is 51.2 Å². The number of hydrogen-bond acceptors (Lipinski definition) is 3. The van der Waals surface area contributed by atoms with E-state index in [1.807, 2.05) is 6.07 Å². The maximum absolute atomic E-state index is 6.02. The number of rotatable bonds is 4. The van der Waals surface area contributed by atoms with Crippen molar-refractivity contribution in [3.63, 3.8) is 0 Å². The van der Waals surface area contributed by atoms with E-state index in [1.54, 1.807) is 0 Å². The summed E-state index contributed by atoms with van der Waals surface area (Å²) in [6, 6.07) is 16.5. The molecule has 108 valence electrons. The van der Waals surface area contributed by atoms with Crippen LogP contribution in [0.5, 0.6) is 0 Å². The van der Waals surface area contributed by atoms with Crippen LogP contribution in [0, 0.1) is 6.92 Å². The predicted molar refractivity (Wildman–Crippen MR) is 85.9 cm³/mol. The molecule has 1 heterocycles. The van der Waals surface area contributed by atoms with Crippen LogP contribution in [0.3, 0.4) is 0 Å². The molecular weight excluding hydrogens is 260 g/mol. The molecule has 3 nitrogen and oxygen atoms in total. The summed E-state index contributed by atoms with van der Waals surface area (Å²) in [7, 11) is 0. The summed E-state index contributed by atoms with van der Waals surface area (Å²) in [5.41, 5.74) is 7.34. The van der Waals surface area contributed by atoms with Crippen LogP contribution in [0.15, 0.2) is 52.9 Å². The smallest absolute Gasteiger partial charge is 0.137 e. The minimum absolute atomic E-state index is 0.136. The van der Waals surface area contributed by atoms with Gasteiger partial charge in [0.1, 0.15) is 17.4 Å². The van der Waals surface area contributed by atoms with Gasteiger partial charge in [-0.15, -0.1) is 0 Å². The maximum atomic E-state index is 6.02. The average molecular weight is 280 g/mol. The minimum atomic E-state index is -0.136. The lowest BCUT2D eigenvalue weighted by atomic mass is 10.0. The van der Waals surface area contributed by atoms with E-state index in [0.29, 0.717) is 0 Å². The molecule has 0 amide bonds. The van der Waals surface area contributed by atoms with Gasteiger partial charge in [-0.25, -0.2) is 5.43 Å². The number of fused-ring (bicyclic) bond motifs is 1. The van der Waals surface area contributed by atoms with Crippen LogP contribution in [0.1, 0.15) is 35.4 Å². The van der Waals surface area contributed by atoms with Gasteiger partial charge in [0.2, 0.25) is 0 Å². The average Bonchev–Trinajstić information content (AvgIpc) is 2.94. The molecule has 0 fully saturated rings. The molecule has 0 aliphatic heterocycles. The van der Waals surface area contributed by atoms with Gasteiger partial charge >= 0.3 is 0 Å². The van der Waals surface area contributed by atoms with Crippen molar-refractivity contribution < 1.29 is 4.42 Å². The fraction of sp³-hybridized carbons (Fsp3) is 0.222. The number of nitrogens with one attached hydrogen (secondary N) is 1. The van der Waals surface area contributed by atoms with Crippen molar-refractivity contribution in [1.82, 2.24) is 5.43 Å². The molecular formula is C18H20N2O. The molecule has 1 unspecified atom stereocenters. The van der Waals surface area contributed by atoms with Crippen LogP contribution in [-0.2, 0) is 6.42 Å². The summed E-state index contributed by atoms with van der Waals surface area (Å²) < 4.78 is 6.02. The first-order valence-corrected chi connectivity index (χ1v) is 7.27. The van der Waals surface area contributed by atoms with E-state index in [-0.39, 0.29) is 6.04 Å². The second-order valence-electron chi connectivity index (χ2n) is 5.34. The summed E-state index contributed by atoms with van der Waals surface area (Å²) >= 11 is 0. The lowest BCUT2D eigenvalue weighted by Gasteiger charge is -2.14. The van der Waals surface area contributed by atoms with Crippen molar-refractivity contribution in [2.45, 2.75) is 26.3 Å². The lowest BCUT2D eigenvalue weighted by Crippen LogP contribution is -2.28. The van der Waals surface area contributed by atoms with Crippen molar-refractivity contribution in [3.05, 3.63) is 71.0 Å². The van der Waals surface area contributed by atoms with Gasteiger partial charge in [-0.1, -0.05) is 49.4 Å². The molecule has 0 radical (unpaired) electrons. The Morgan fingerprint density at radius 3 is 2.52 bits per heavy atom. The molecule has 1 atom stereocenters. The van der Waals surface area contributed by atoms with Crippen molar-refractivity contribution in [3.8, 4) is 0 Å². The quantitative estimate of drug-likeness (QED) is 0.563. The minimum Gasteiger partial charge on any atom is -0.459 e. The van der Waals surface area contributed by atoms with E-state index in [2.05, 4.69) is 61.7 Å². The largest absolute Gasteiger partial charge is 0.459 e. The second kappa shape index (κ2) is 5.72. The third kappa shape index (κ3) is 2.58. The van der Waals surface area contributed by atoms with Gasteiger partial charge in [-0.3, -0.25) is 5.84 Å². The van der Waals surface area contributed by atoms with Crippen LogP contribution in [-0.4, -0.2) is 0 Å². The van der Waals surface area contributed by atoms with Crippen LogP contribution >= 0.6 is 0 Å². The Kier molecular flexibility index (Phi) is 3.78. The van der Waals surface area contributed by atoms with Crippen LogP contribution in [0.2, 0.25) is 0 Å². The number of hydrazine groups is 1. The van der Waals surface area contributed by atoms with E-state index >= 15 is 0 Å². The third-order valence-corrected chi connectivity index (χ3v) is 3.93. The highest BCUT2D eigenvalue weighted by Crippen LogP contribution is 2.29. The molecule has 3 aromatic rings. The van der Waals surface area contributed by atoms with Crippen molar-refractivity contribution >= 4 is 11.0 Å². The molecule has 0 aliphatic rings. The van der Waals surface area contributed by atoms with Crippen molar-refractivity contribution in [2.24, 2.45) is 5.84 Å². The van der Waals surface area contributed by atoms with Crippen molar-refractivity contribution in [2.75, 3.05) is 0 Å². The number of hydrogen-bond donors (Lipinski definition) is 2. The van der Waals surface area contributed by atoms with Crippen LogP contribution in [0.4, 0.5) is 0 Å². The summed E-state index contributed by atoms with van der Waals surface area (Å²) in [6.07, 6.45) is 1.03. The zero-order valence-electron chi connectivity index (χ0n) is 12.4. The Balaban J connectivity index is 2.02. The molecule has 3 rings (SSSR count). The molecule has 0 saturated heterocycles. The zero-order chi connectivity index (χ0) is 14.8. The monoisotopic (exact) mass is 280 g/mol.